The van der Waals surface area contributed by atoms with E-state index < -0.39 is 0 Å². The fraction of sp³-hybridized carbons (Fsp3) is 0.294. The van der Waals surface area contributed by atoms with Gasteiger partial charge in [-0.3, -0.25) is 4.79 Å². The highest BCUT2D eigenvalue weighted by Gasteiger charge is 2.07. The smallest absolute Gasteiger partial charge is 0.224 e. The van der Waals surface area contributed by atoms with Crippen molar-refractivity contribution in [2.24, 2.45) is 0 Å². The molecule has 0 fully saturated rings. The number of amides is 1. The molecule has 2 heterocycles. The summed E-state index contributed by atoms with van der Waals surface area (Å²) in [5, 5.41) is 3.89. The molecule has 6 nitrogen and oxygen atoms in total. The molecule has 2 aromatic heterocycles. The minimum atomic E-state index is -0.0303. The van der Waals surface area contributed by atoms with Gasteiger partial charge in [0.1, 0.15) is 0 Å². The molecule has 0 aliphatic carbocycles. The van der Waals surface area contributed by atoms with Crippen molar-refractivity contribution >= 4 is 39.1 Å². The minimum Gasteiger partial charge on any atom is -0.347 e. The van der Waals surface area contributed by atoms with Crippen LogP contribution in [0.5, 0.6) is 0 Å². The normalized spacial score (nSPS) is 10.8. The monoisotopic (exact) mass is 341 g/mol. The highest BCUT2D eigenvalue weighted by Crippen LogP contribution is 2.22. The Labute approximate surface area is 144 Å². The lowest BCUT2D eigenvalue weighted by molar-refractivity contribution is -0.116. The number of carbonyl (C=O) groups is 1. The molecule has 0 unspecified atom stereocenters. The van der Waals surface area contributed by atoms with Crippen LogP contribution in [0.2, 0.25) is 0 Å². The number of nitrogens with zero attached hydrogens (tertiary/aromatic N) is 4. The molecule has 0 bridgehead atoms. The van der Waals surface area contributed by atoms with Crippen LogP contribution in [-0.4, -0.2) is 35.0 Å². The Morgan fingerprint density at radius 1 is 1.21 bits per heavy atom. The number of nitrogens with one attached hydrogen (secondary N) is 1. The van der Waals surface area contributed by atoms with Gasteiger partial charge in [-0.2, -0.15) is 0 Å². The largest absolute Gasteiger partial charge is 0.347 e. The second-order valence-corrected chi connectivity index (χ2v) is 6.76. The first kappa shape index (κ1) is 16.3. The summed E-state index contributed by atoms with van der Waals surface area (Å²) in [6, 6.07) is 8.09. The van der Waals surface area contributed by atoms with E-state index in [1.54, 1.807) is 23.7 Å². The number of anilines is 2. The van der Waals surface area contributed by atoms with Crippen molar-refractivity contribution in [2.75, 3.05) is 24.3 Å². The van der Waals surface area contributed by atoms with Crippen LogP contribution in [0.15, 0.2) is 36.7 Å². The Kier molecular flexibility index (Phi) is 5.00. The second-order valence-electron chi connectivity index (χ2n) is 5.64. The number of benzene rings is 1. The summed E-state index contributed by atoms with van der Waals surface area (Å²) in [5.74, 6) is 0.584. The Hall–Kier alpha value is -2.54. The number of aryl methyl sites for hydroxylation is 1. The molecule has 0 saturated heterocycles. The van der Waals surface area contributed by atoms with E-state index in [0.717, 1.165) is 23.4 Å². The lowest BCUT2D eigenvalue weighted by atomic mass is 10.2. The molecule has 0 spiro atoms. The van der Waals surface area contributed by atoms with E-state index in [1.165, 1.54) is 4.70 Å². The first-order valence-corrected chi connectivity index (χ1v) is 8.57. The number of para-hydroxylation sites is 1. The Morgan fingerprint density at radius 3 is 2.67 bits per heavy atom. The van der Waals surface area contributed by atoms with Crippen LogP contribution in [0.25, 0.3) is 10.2 Å². The van der Waals surface area contributed by atoms with E-state index in [4.69, 9.17) is 0 Å². The van der Waals surface area contributed by atoms with Crippen molar-refractivity contribution in [3.05, 3.63) is 41.7 Å². The van der Waals surface area contributed by atoms with Gasteiger partial charge in [0.2, 0.25) is 11.9 Å². The van der Waals surface area contributed by atoms with Crippen molar-refractivity contribution in [1.82, 2.24) is 15.0 Å². The number of thiazole rings is 1. The van der Waals surface area contributed by atoms with Gasteiger partial charge in [-0.05, 0) is 25.0 Å². The standard InChI is InChI=1S/C17H19N5OS/c1-22(2)17-18-10-12(11-19-17)20-15(23)8-5-9-16-21-13-6-3-4-7-14(13)24-16/h3-4,6-7,10-11H,5,8-9H2,1-2H3,(H,20,23). The van der Waals surface area contributed by atoms with Gasteiger partial charge in [0.15, 0.2) is 0 Å². The van der Waals surface area contributed by atoms with Crippen LogP contribution < -0.4 is 10.2 Å². The van der Waals surface area contributed by atoms with Crippen molar-refractivity contribution in [2.45, 2.75) is 19.3 Å². The summed E-state index contributed by atoms with van der Waals surface area (Å²) in [5.41, 5.74) is 1.64. The van der Waals surface area contributed by atoms with Crippen molar-refractivity contribution in [1.29, 1.82) is 0 Å². The van der Waals surface area contributed by atoms with Gasteiger partial charge in [-0.25, -0.2) is 15.0 Å². The third-order valence-electron chi connectivity index (χ3n) is 3.45. The molecule has 0 saturated carbocycles. The van der Waals surface area contributed by atoms with Gasteiger partial charge in [-0.1, -0.05) is 12.1 Å². The van der Waals surface area contributed by atoms with Crippen molar-refractivity contribution < 1.29 is 4.79 Å². The molecule has 1 aromatic carbocycles. The Balaban J connectivity index is 1.48. The number of fused-ring (bicyclic) bond motifs is 1. The fourth-order valence-corrected chi connectivity index (χ4v) is 3.28. The summed E-state index contributed by atoms with van der Waals surface area (Å²) in [6.07, 6.45) is 5.26. The molecule has 0 aliphatic heterocycles. The maximum absolute atomic E-state index is 12.0. The van der Waals surface area contributed by atoms with E-state index in [2.05, 4.69) is 26.3 Å². The number of rotatable bonds is 6. The molecule has 0 radical (unpaired) electrons. The number of hydrogen-bond donors (Lipinski definition) is 1. The SMILES string of the molecule is CN(C)c1ncc(NC(=O)CCCc2nc3ccccc3s2)cn1. The lowest BCUT2D eigenvalue weighted by Gasteiger charge is -2.10. The van der Waals surface area contributed by atoms with E-state index in [9.17, 15) is 4.79 Å². The highest BCUT2D eigenvalue weighted by atomic mass is 32.1. The summed E-state index contributed by atoms with van der Waals surface area (Å²) in [7, 11) is 3.74. The van der Waals surface area contributed by atoms with Crippen LogP contribution >= 0.6 is 11.3 Å². The fourth-order valence-electron chi connectivity index (χ4n) is 2.27. The molecular weight excluding hydrogens is 322 g/mol. The Bertz CT molecular complexity index is 795. The minimum absolute atomic E-state index is 0.0303. The molecule has 24 heavy (non-hydrogen) atoms. The van der Waals surface area contributed by atoms with E-state index in [1.807, 2.05) is 37.2 Å². The summed E-state index contributed by atoms with van der Waals surface area (Å²) < 4.78 is 1.19. The van der Waals surface area contributed by atoms with Gasteiger partial charge >= 0.3 is 0 Å². The highest BCUT2D eigenvalue weighted by molar-refractivity contribution is 7.18. The lowest BCUT2D eigenvalue weighted by Crippen LogP contribution is -2.15. The zero-order valence-corrected chi connectivity index (χ0v) is 14.5. The zero-order chi connectivity index (χ0) is 16.9. The predicted molar refractivity (Wildman–Crippen MR) is 97.5 cm³/mol. The molecule has 0 aliphatic rings. The van der Waals surface area contributed by atoms with Gasteiger partial charge in [0.25, 0.3) is 0 Å². The Morgan fingerprint density at radius 2 is 1.96 bits per heavy atom. The maximum Gasteiger partial charge on any atom is 0.224 e. The van der Waals surface area contributed by atoms with E-state index in [0.29, 0.717) is 18.1 Å². The first-order chi connectivity index (χ1) is 11.6. The van der Waals surface area contributed by atoms with Crippen LogP contribution in [0.3, 0.4) is 0 Å². The van der Waals surface area contributed by atoms with E-state index >= 15 is 0 Å². The van der Waals surface area contributed by atoms with Crippen LogP contribution in [-0.2, 0) is 11.2 Å². The molecule has 7 heteroatoms. The van der Waals surface area contributed by atoms with Gasteiger partial charge in [0, 0.05) is 20.5 Å². The number of carbonyl (C=O) groups excluding carboxylic acids is 1. The van der Waals surface area contributed by atoms with Gasteiger partial charge < -0.3 is 10.2 Å². The van der Waals surface area contributed by atoms with Gasteiger partial charge in [0.05, 0.1) is 33.3 Å². The molecule has 124 valence electrons. The summed E-state index contributed by atoms with van der Waals surface area (Å²) in [4.78, 5) is 26.7. The molecular formula is C17H19N5OS. The molecule has 0 atom stereocenters. The van der Waals surface area contributed by atoms with Crippen LogP contribution in [0, 0.1) is 0 Å². The third kappa shape index (κ3) is 4.05. The third-order valence-corrected chi connectivity index (χ3v) is 4.55. The molecule has 1 N–H and O–H groups in total. The number of aromatic nitrogens is 3. The predicted octanol–water partition coefficient (Wildman–Crippen LogP) is 3.11. The quantitative estimate of drug-likeness (QED) is 0.746. The molecule has 1 amide bonds. The average molecular weight is 341 g/mol. The summed E-state index contributed by atoms with van der Waals surface area (Å²) in [6.45, 7) is 0. The molecule has 3 rings (SSSR count). The number of hydrogen-bond acceptors (Lipinski definition) is 6. The van der Waals surface area contributed by atoms with Crippen LogP contribution in [0.1, 0.15) is 17.8 Å². The first-order valence-electron chi connectivity index (χ1n) is 7.75. The maximum atomic E-state index is 12.0. The zero-order valence-electron chi connectivity index (χ0n) is 13.7. The summed E-state index contributed by atoms with van der Waals surface area (Å²) >= 11 is 1.69. The van der Waals surface area contributed by atoms with Crippen LogP contribution in [0.4, 0.5) is 11.6 Å². The van der Waals surface area contributed by atoms with Gasteiger partial charge in [-0.15, -0.1) is 11.3 Å². The van der Waals surface area contributed by atoms with Crippen molar-refractivity contribution in [3.63, 3.8) is 0 Å². The molecule has 3 aromatic rings. The average Bonchev–Trinajstić information content (AvgIpc) is 2.98. The van der Waals surface area contributed by atoms with E-state index in [-0.39, 0.29) is 5.91 Å². The second kappa shape index (κ2) is 7.35. The van der Waals surface area contributed by atoms with Crippen molar-refractivity contribution in [3.8, 4) is 0 Å². The topological polar surface area (TPSA) is 71.0 Å².